The van der Waals surface area contributed by atoms with E-state index in [1.807, 2.05) is 7.05 Å². The third-order valence-corrected chi connectivity index (χ3v) is 3.72. The summed E-state index contributed by atoms with van der Waals surface area (Å²) in [5.41, 5.74) is 0.130. The average Bonchev–Trinajstić information content (AvgIpc) is 2.52. The van der Waals surface area contributed by atoms with E-state index < -0.39 is 11.6 Å². The fraction of sp³-hybridized carbons (Fsp3) is 0.571. The summed E-state index contributed by atoms with van der Waals surface area (Å²) in [6.45, 7) is 4.34. The Kier molecular flexibility index (Phi) is 3.57. The van der Waals surface area contributed by atoms with Gasteiger partial charge in [-0.15, -0.1) is 0 Å². The van der Waals surface area contributed by atoms with Crippen LogP contribution in [0.2, 0.25) is 0 Å². The maximum atomic E-state index is 13.1. The van der Waals surface area contributed by atoms with Gasteiger partial charge in [0.25, 0.3) is 0 Å². The van der Waals surface area contributed by atoms with E-state index >= 15 is 0 Å². The van der Waals surface area contributed by atoms with E-state index in [9.17, 15) is 8.78 Å². The van der Waals surface area contributed by atoms with Crippen LogP contribution in [-0.2, 0) is 0 Å². The molecule has 0 spiro atoms. The van der Waals surface area contributed by atoms with E-state index in [2.05, 4.69) is 19.2 Å². The molecule has 0 saturated heterocycles. The SMILES string of the molecule is CNC1C(Oc2cc(F)cc(F)c2)CCC1(C)C. The second-order valence-electron chi connectivity index (χ2n) is 5.56. The number of nitrogens with one attached hydrogen (secondary N) is 1. The summed E-state index contributed by atoms with van der Waals surface area (Å²) < 4.78 is 31.9. The van der Waals surface area contributed by atoms with Crippen molar-refractivity contribution in [2.75, 3.05) is 7.05 Å². The van der Waals surface area contributed by atoms with Crippen LogP contribution in [0.5, 0.6) is 5.75 Å². The zero-order valence-corrected chi connectivity index (χ0v) is 11.0. The zero-order valence-electron chi connectivity index (χ0n) is 11.0. The molecule has 0 aliphatic heterocycles. The standard InChI is InChI=1S/C14H19F2NO/c1-14(2)5-4-12(13(14)17-3)18-11-7-9(15)6-10(16)8-11/h6-8,12-13,17H,4-5H2,1-3H3. The van der Waals surface area contributed by atoms with Gasteiger partial charge < -0.3 is 10.1 Å². The van der Waals surface area contributed by atoms with Gasteiger partial charge in [-0.3, -0.25) is 0 Å². The molecule has 1 aromatic carbocycles. The van der Waals surface area contributed by atoms with Crippen LogP contribution in [0.4, 0.5) is 8.78 Å². The summed E-state index contributed by atoms with van der Waals surface area (Å²) in [6.07, 6.45) is 1.86. The number of hydrogen-bond donors (Lipinski definition) is 1. The van der Waals surface area contributed by atoms with Gasteiger partial charge >= 0.3 is 0 Å². The predicted octanol–water partition coefficient (Wildman–Crippen LogP) is 3.12. The molecule has 2 nitrogen and oxygen atoms in total. The first-order valence-corrected chi connectivity index (χ1v) is 6.22. The maximum Gasteiger partial charge on any atom is 0.129 e. The Bertz CT molecular complexity index is 414. The van der Waals surface area contributed by atoms with Crippen molar-refractivity contribution in [3.63, 3.8) is 0 Å². The van der Waals surface area contributed by atoms with Crippen LogP contribution in [0.15, 0.2) is 18.2 Å². The van der Waals surface area contributed by atoms with Crippen LogP contribution in [0.25, 0.3) is 0 Å². The molecule has 1 saturated carbocycles. The molecule has 1 aliphatic carbocycles. The fourth-order valence-electron chi connectivity index (χ4n) is 2.81. The summed E-state index contributed by atoms with van der Waals surface area (Å²) in [7, 11) is 1.89. The molecule has 2 unspecified atom stereocenters. The van der Waals surface area contributed by atoms with Crippen molar-refractivity contribution >= 4 is 0 Å². The molecule has 2 rings (SSSR count). The van der Waals surface area contributed by atoms with Gasteiger partial charge in [-0.05, 0) is 25.3 Å². The van der Waals surface area contributed by atoms with Gasteiger partial charge in [0.2, 0.25) is 0 Å². The Morgan fingerprint density at radius 3 is 2.39 bits per heavy atom. The molecule has 0 bridgehead atoms. The lowest BCUT2D eigenvalue weighted by molar-refractivity contribution is 0.145. The first-order chi connectivity index (χ1) is 8.42. The molecular weight excluding hydrogens is 236 g/mol. The fourth-order valence-corrected chi connectivity index (χ4v) is 2.81. The molecule has 2 atom stereocenters. The van der Waals surface area contributed by atoms with Crippen LogP contribution < -0.4 is 10.1 Å². The average molecular weight is 255 g/mol. The second kappa shape index (κ2) is 4.84. The third-order valence-electron chi connectivity index (χ3n) is 3.72. The minimum absolute atomic E-state index is 0.0498. The van der Waals surface area contributed by atoms with Gasteiger partial charge in [0, 0.05) is 24.2 Å². The molecule has 4 heteroatoms. The lowest BCUT2D eigenvalue weighted by Gasteiger charge is -2.30. The van der Waals surface area contributed by atoms with Crippen molar-refractivity contribution in [1.29, 1.82) is 0 Å². The van der Waals surface area contributed by atoms with Crippen LogP contribution >= 0.6 is 0 Å². The van der Waals surface area contributed by atoms with Crippen molar-refractivity contribution in [3.05, 3.63) is 29.8 Å². The summed E-state index contributed by atoms with van der Waals surface area (Å²) in [5, 5.41) is 3.24. The molecule has 1 N–H and O–H groups in total. The third kappa shape index (κ3) is 2.64. The van der Waals surface area contributed by atoms with E-state index in [-0.39, 0.29) is 23.3 Å². The van der Waals surface area contributed by atoms with E-state index in [1.165, 1.54) is 12.1 Å². The largest absolute Gasteiger partial charge is 0.489 e. The molecule has 18 heavy (non-hydrogen) atoms. The van der Waals surface area contributed by atoms with Crippen molar-refractivity contribution in [3.8, 4) is 5.75 Å². The van der Waals surface area contributed by atoms with Gasteiger partial charge in [-0.25, -0.2) is 8.78 Å². The molecular formula is C14H19F2NO. The monoisotopic (exact) mass is 255 g/mol. The first-order valence-electron chi connectivity index (χ1n) is 6.22. The maximum absolute atomic E-state index is 13.1. The van der Waals surface area contributed by atoms with Crippen LogP contribution in [0, 0.1) is 17.0 Å². The van der Waals surface area contributed by atoms with Gasteiger partial charge in [0.1, 0.15) is 23.5 Å². The number of rotatable bonds is 3. The number of halogens is 2. The van der Waals surface area contributed by atoms with Crippen molar-refractivity contribution in [2.45, 2.75) is 38.8 Å². The number of ether oxygens (including phenoxy) is 1. The minimum atomic E-state index is -0.608. The quantitative estimate of drug-likeness (QED) is 0.896. The second-order valence-corrected chi connectivity index (χ2v) is 5.56. The highest BCUT2D eigenvalue weighted by Crippen LogP contribution is 2.39. The summed E-state index contributed by atoms with van der Waals surface area (Å²) in [6, 6.07) is 3.48. The lowest BCUT2D eigenvalue weighted by atomic mass is 9.87. The normalized spacial score (nSPS) is 26.3. The molecule has 1 fully saturated rings. The predicted molar refractivity (Wildman–Crippen MR) is 66.6 cm³/mol. The molecule has 100 valence electrons. The number of hydrogen-bond acceptors (Lipinski definition) is 2. The Morgan fingerprint density at radius 2 is 1.83 bits per heavy atom. The summed E-state index contributed by atoms with van der Waals surface area (Å²) in [4.78, 5) is 0. The van der Waals surface area contributed by atoms with Crippen molar-refractivity contribution < 1.29 is 13.5 Å². The Morgan fingerprint density at radius 1 is 1.22 bits per heavy atom. The topological polar surface area (TPSA) is 21.3 Å². The molecule has 0 amide bonds. The summed E-state index contributed by atoms with van der Waals surface area (Å²) >= 11 is 0. The molecule has 1 aliphatic rings. The van der Waals surface area contributed by atoms with Crippen LogP contribution in [-0.4, -0.2) is 19.2 Å². The highest BCUT2D eigenvalue weighted by atomic mass is 19.1. The van der Waals surface area contributed by atoms with E-state index in [4.69, 9.17) is 4.74 Å². The molecule has 0 heterocycles. The van der Waals surface area contributed by atoms with Gasteiger partial charge in [-0.2, -0.15) is 0 Å². The molecule has 0 aromatic heterocycles. The summed E-state index contributed by atoms with van der Waals surface area (Å²) in [5.74, 6) is -0.957. The van der Waals surface area contributed by atoms with Gasteiger partial charge in [0.05, 0.1) is 0 Å². The minimum Gasteiger partial charge on any atom is -0.489 e. The Labute approximate surface area is 106 Å². The lowest BCUT2D eigenvalue weighted by Crippen LogP contribution is -2.44. The Balaban J connectivity index is 2.14. The number of benzene rings is 1. The number of likely N-dealkylation sites (N-methyl/N-ethyl adjacent to an activating group) is 1. The molecule has 0 radical (unpaired) electrons. The zero-order chi connectivity index (χ0) is 13.3. The highest BCUT2D eigenvalue weighted by molar-refractivity contribution is 5.24. The molecule has 1 aromatic rings. The Hall–Kier alpha value is -1.16. The van der Waals surface area contributed by atoms with Crippen molar-refractivity contribution in [1.82, 2.24) is 5.32 Å². The van der Waals surface area contributed by atoms with Crippen LogP contribution in [0.3, 0.4) is 0 Å². The smallest absolute Gasteiger partial charge is 0.129 e. The van der Waals surface area contributed by atoms with E-state index in [0.717, 1.165) is 18.9 Å². The van der Waals surface area contributed by atoms with Gasteiger partial charge in [0.15, 0.2) is 0 Å². The van der Waals surface area contributed by atoms with Crippen LogP contribution in [0.1, 0.15) is 26.7 Å². The van der Waals surface area contributed by atoms with E-state index in [0.29, 0.717) is 0 Å². The first kappa shape index (κ1) is 13.3. The highest BCUT2D eigenvalue weighted by Gasteiger charge is 2.42. The van der Waals surface area contributed by atoms with Gasteiger partial charge in [-0.1, -0.05) is 13.8 Å². The van der Waals surface area contributed by atoms with Crippen molar-refractivity contribution in [2.24, 2.45) is 5.41 Å². The van der Waals surface area contributed by atoms with E-state index in [1.54, 1.807) is 0 Å².